The van der Waals surface area contributed by atoms with Crippen molar-refractivity contribution < 1.29 is 4.79 Å². The lowest BCUT2D eigenvalue weighted by atomic mass is 9.92. The summed E-state index contributed by atoms with van der Waals surface area (Å²) in [5.41, 5.74) is 3.91. The first-order valence-corrected chi connectivity index (χ1v) is 7.59. The molecule has 1 N–H and O–H groups in total. The van der Waals surface area contributed by atoms with Crippen LogP contribution in [0.4, 0.5) is 0 Å². The zero-order valence-corrected chi connectivity index (χ0v) is 13.8. The third-order valence-corrected chi connectivity index (χ3v) is 3.92. The summed E-state index contributed by atoms with van der Waals surface area (Å²) in [5, 5.41) is 4.33. The fourth-order valence-electron chi connectivity index (χ4n) is 2.79. The van der Waals surface area contributed by atoms with Crippen LogP contribution in [0.1, 0.15) is 38.4 Å². The Morgan fingerprint density at radius 2 is 1.90 bits per heavy atom. The fourth-order valence-corrected chi connectivity index (χ4v) is 2.79. The van der Waals surface area contributed by atoms with Crippen LogP contribution in [0.2, 0.25) is 0 Å². The van der Waals surface area contributed by atoms with Crippen LogP contribution < -0.4 is 5.32 Å². The molecule has 0 saturated carbocycles. The van der Waals surface area contributed by atoms with E-state index in [0.29, 0.717) is 13.0 Å². The Balaban J connectivity index is 2.05. The van der Waals surface area contributed by atoms with Gasteiger partial charge in [0.05, 0.1) is 0 Å². The van der Waals surface area contributed by atoms with E-state index in [-0.39, 0.29) is 11.3 Å². The van der Waals surface area contributed by atoms with E-state index in [1.807, 2.05) is 0 Å². The Labute approximate surface area is 127 Å². The molecule has 0 fully saturated rings. The maximum Gasteiger partial charge on any atom is 0.220 e. The second kappa shape index (κ2) is 5.92. The molecular weight excluding hydrogens is 260 g/mol. The van der Waals surface area contributed by atoms with Crippen LogP contribution in [0.25, 0.3) is 10.9 Å². The highest BCUT2D eigenvalue weighted by Crippen LogP contribution is 2.25. The van der Waals surface area contributed by atoms with E-state index in [9.17, 15) is 4.79 Å². The van der Waals surface area contributed by atoms with Crippen LogP contribution in [0.5, 0.6) is 0 Å². The first-order chi connectivity index (χ1) is 9.79. The van der Waals surface area contributed by atoms with Gasteiger partial charge in [0.15, 0.2) is 0 Å². The number of hydrogen-bond acceptors (Lipinski definition) is 1. The number of para-hydroxylation sites is 1. The number of carbonyl (C=O) groups is 1. The molecule has 0 radical (unpaired) electrons. The standard InChI is InChI=1S/C18H26N2O/c1-13-14(10-11-19-17(21)12-18(2,3)4)15-8-6-7-9-16(15)20(13)5/h6-9H,10-12H2,1-5H3,(H,19,21). The lowest BCUT2D eigenvalue weighted by molar-refractivity contribution is -0.122. The molecule has 1 aromatic carbocycles. The van der Waals surface area contributed by atoms with Gasteiger partial charge in [-0.05, 0) is 30.4 Å². The minimum Gasteiger partial charge on any atom is -0.356 e. The first kappa shape index (κ1) is 15.6. The van der Waals surface area contributed by atoms with Crippen molar-refractivity contribution in [3.63, 3.8) is 0 Å². The summed E-state index contributed by atoms with van der Waals surface area (Å²) in [7, 11) is 2.10. The molecular formula is C18H26N2O. The molecule has 114 valence electrons. The number of aryl methyl sites for hydroxylation is 1. The minimum atomic E-state index is 0.0411. The quantitative estimate of drug-likeness (QED) is 0.916. The number of rotatable bonds is 4. The van der Waals surface area contributed by atoms with Gasteiger partial charge in [-0.3, -0.25) is 4.79 Å². The summed E-state index contributed by atoms with van der Waals surface area (Å²) in [4.78, 5) is 11.9. The SMILES string of the molecule is Cc1c(CCNC(=O)CC(C)(C)C)c2ccccc2n1C. The Morgan fingerprint density at radius 1 is 1.24 bits per heavy atom. The van der Waals surface area contributed by atoms with Gasteiger partial charge in [0.25, 0.3) is 0 Å². The predicted octanol–water partition coefficient (Wildman–Crippen LogP) is 3.58. The number of benzene rings is 1. The third kappa shape index (κ3) is 3.66. The lowest BCUT2D eigenvalue weighted by Gasteiger charge is -2.17. The van der Waals surface area contributed by atoms with Crippen molar-refractivity contribution in [3.05, 3.63) is 35.5 Å². The van der Waals surface area contributed by atoms with E-state index in [1.54, 1.807) is 0 Å². The smallest absolute Gasteiger partial charge is 0.220 e. The van der Waals surface area contributed by atoms with Gasteiger partial charge in [0, 0.05) is 36.6 Å². The number of aromatic nitrogens is 1. The van der Waals surface area contributed by atoms with Crippen molar-refractivity contribution in [1.82, 2.24) is 9.88 Å². The largest absolute Gasteiger partial charge is 0.356 e. The van der Waals surface area contributed by atoms with Crippen molar-refractivity contribution in [1.29, 1.82) is 0 Å². The van der Waals surface area contributed by atoms with Gasteiger partial charge in [-0.15, -0.1) is 0 Å². The molecule has 0 aliphatic heterocycles. The Hall–Kier alpha value is -1.77. The topological polar surface area (TPSA) is 34.0 Å². The molecule has 3 nitrogen and oxygen atoms in total. The van der Waals surface area contributed by atoms with E-state index in [4.69, 9.17) is 0 Å². The summed E-state index contributed by atoms with van der Waals surface area (Å²) in [5.74, 6) is 0.139. The Bertz CT molecular complexity index is 647. The normalized spacial score (nSPS) is 11.9. The summed E-state index contributed by atoms with van der Waals surface area (Å²) in [6.07, 6.45) is 1.45. The predicted molar refractivity (Wildman–Crippen MR) is 88.4 cm³/mol. The van der Waals surface area contributed by atoms with Gasteiger partial charge >= 0.3 is 0 Å². The Morgan fingerprint density at radius 3 is 2.57 bits per heavy atom. The monoisotopic (exact) mass is 286 g/mol. The summed E-state index contributed by atoms with van der Waals surface area (Å²) in [6.45, 7) is 9.10. The van der Waals surface area contributed by atoms with E-state index in [0.717, 1.165) is 6.42 Å². The molecule has 0 unspecified atom stereocenters. The summed E-state index contributed by atoms with van der Waals surface area (Å²) in [6, 6.07) is 8.44. The van der Waals surface area contributed by atoms with Crippen molar-refractivity contribution in [2.45, 2.75) is 40.5 Å². The Kier molecular flexibility index (Phi) is 4.40. The zero-order chi connectivity index (χ0) is 15.6. The van der Waals surface area contributed by atoms with Crippen molar-refractivity contribution in [2.75, 3.05) is 6.54 Å². The average Bonchev–Trinajstić information content (AvgIpc) is 2.62. The van der Waals surface area contributed by atoms with Gasteiger partial charge in [-0.1, -0.05) is 39.0 Å². The maximum atomic E-state index is 11.9. The van der Waals surface area contributed by atoms with E-state index >= 15 is 0 Å². The zero-order valence-electron chi connectivity index (χ0n) is 13.8. The summed E-state index contributed by atoms with van der Waals surface area (Å²) >= 11 is 0. The molecule has 0 aliphatic rings. The van der Waals surface area contributed by atoms with Crippen molar-refractivity contribution >= 4 is 16.8 Å². The molecule has 1 heterocycles. The molecule has 3 heteroatoms. The van der Waals surface area contributed by atoms with Crippen LogP contribution >= 0.6 is 0 Å². The van der Waals surface area contributed by atoms with E-state index in [1.165, 1.54) is 22.2 Å². The molecule has 1 aromatic heterocycles. The number of amides is 1. The van der Waals surface area contributed by atoms with E-state index < -0.39 is 0 Å². The third-order valence-electron chi connectivity index (χ3n) is 3.92. The maximum absolute atomic E-state index is 11.9. The summed E-state index contributed by atoms with van der Waals surface area (Å²) < 4.78 is 2.22. The van der Waals surface area contributed by atoms with Crippen LogP contribution in [-0.4, -0.2) is 17.0 Å². The molecule has 2 aromatic rings. The molecule has 2 rings (SSSR count). The molecule has 0 saturated heterocycles. The van der Waals surface area contributed by atoms with Crippen LogP contribution in [0, 0.1) is 12.3 Å². The highest BCUT2D eigenvalue weighted by atomic mass is 16.1. The molecule has 1 amide bonds. The van der Waals surface area contributed by atoms with Gasteiger partial charge < -0.3 is 9.88 Å². The van der Waals surface area contributed by atoms with Crippen LogP contribution in [0.3, 0.4) is 0 Å². The van der Waals surface area contributed by atoms with Gasteiger partial charge in [-0.2, -0.15) is 0 Å². The van der Waals surface area contributed by atoms with Crippen molar-refractivity contribution in [2.24, 2.45) is 12.5 Å². The molecule has 0 atom stereocenters. The van der Waals surface area contributed by atoms with Gasteiger partial charge in [0.1, 0.15) is 0 Å². The highest BCUT2D eigenvalue weighted by molar-refractivity contribution is 5.85. The molecule has 0 aliphatic carbocycles. The minimum absolute atomic E-state index is 0.0411. The number of carbonyl (C=O) groups excluding carboxylic acids is 1. The second-order valence-corrected chi connectivity index (χ2v) is 6.98. The molecule has 0 spiro atoms. The lowest BCUT2D eigenvalue weighted by Crippen LogP contribution is -2.29. The number of nitrogens with one attached hydrogen (secondary N) is 1. The molecule has 21 heavy (non-hydrogen) atoms. The fraction of sp³-hybridized carbons (Fsp3) is 0.500. The van der Waals surface area contributed by atoms with Crippen molar-refractivity contribution in [3.8, 4) is 0 Å². The first-order valence-electron chi connectivity index (χ1n) is 7.59. The average molecular weight is 286 g/mol. The number of fused-ring (bicyclic) bond motifs is 1. The second-order valence-electron chi connectivity index (χ2n) is 6.98. The van der Waals surface area contributed by atoms with Gasteiger partial charge in [-0.25, -0.2) is 0 Å². The number of hydrogen-bond donors (Lipinski definition) is 1. The number of nitrogens with zero attached hydrogens (tertiary/aromatic N) is 1. The van der Waals surface area contributed by atoms with E-state index in [2.05, 4.69) is 68.9 Å². The molecule has 0 bridgehead atoms. The van der Waals surface area contributed by atoms with Crippen LogP contribution in [-0.2, 0) is 18.3 Å². The van der Waals surface area contributed by atoms with Crippen LogP contribution in [0.15, 0.2) is 24.3 Å². The highest BCUT2D eigenvalue weighted by Gasteiger charge is 2.16. The van der Waals surface area contributed by atoms with Gasteiger partial charge in [0.2, 0.25) is 5.91 Å².